The van der Waals surface area contributed by atoms with Crippen molar-refractivity contribution in [1.29, 1.82) is 0 Å². The molecule has 0 aliphatic carbocycles. The molecule has 0 bridgehead atoms. The molecule has 1 atom stereocenters. The van der Waals surface area contributed by atoms with Gasteiger partial charge in [0.2, 0.25) is 5.91 Å². The third kappa shape index (κ3) is 8.09. The lowest BCUT2D eigenvalue weighted by molar-refractivity contribution is -0.116. The monoisotopic (exact) mass is 603 g/mol. The zero-order chi connectivity index (χ0) is 30.0. The Bertz CT molecular complexity index is 1720. The number of carbonyl (C=O) groups is 3. The molecule has 8 heteroatoms. The number of benzene rings is 4. The number of aryl methyl sites for hydroxylation is 1. The van der Waals surface area contributed by atoms with Crippen LogP contribution in [-0.2, 0) is 9.59 Å². The first-order valence-corrected chi connectivity index (χ1v) is 15.3. The van der Waals surface area contributed by atoms with Gasteiger partial charge in [-0.15, -0.1) is 23.1 Å². The zero-order valence-corrected chi connectivity index (χ0v) is 25.0. The van der Waals surface area contributed by atoms with Gasteiger partial charge in [-0.25, -0.2) is 0 Å². The Balaban J connectivity index is 1.31. The molecule has 1 aromatic heterocycles. The Labute approximate surface area is 258 Å². The number of para-hydroxylation sites is 1. The largest absolute Gasteiger partial charge is 0.325 e. The molecule has 4 aromatic carbocycles. The molecule has 0 radical (unpaired) electrons. The second-order valence-electron chi connectivity index (χ2n) is 9.58. The third-order valence-electron chi connectivity index (χ3n) is 6.47. The van der Waals surface area contributed by atoms with E-state index >= 15 is 0 Å². The summed E-state index contributed by atoms with van der Waals surface area (Å²) in [6, 6.07) is 37.1. The van der Waals surface area contributed by atoms with Crippen LogP contribution in [-0.4, -0.2) is 17.7 Å². The molecule has 3 amide bonds. The van der Waals surface area contributed by atoms with Gasteiger partial charge in [0.25, 0.3) is 11.8 Å². The average molecular weight is 604 g/mol. The lowest BCUT2D eigenvalue weighted by Gasteiger charge is -2.18. The maximum atomic E-state index is 13.4. The molecule has 0 aliphatic rings. The fourth-order valence-electron chi connectivity index (χ4n) is 4.22. The van der Waals surface area contributed by atoms with E-state index < -0.39 is 11.2 Å². The number of rotatable bonds is 10. The highest BCUT2D eigenvalue weighted by Crippen LogP contribution is 2.37. The molecule has 5 aromatic rings. The van der Waals surface area contributed by atoms with Crippen molar-refractivity contribution in [2.75, 3.05) is 10.6 Å². The fraction of sp³-hybridized carbons (Fsp3) is 0.0571. The summed E-state index contributed by atoms with van der Waals surface area (Å²) in [5, 5.41) is 10.1. The van der Waals surface area contributed by atoms with Gasteiger partial charge in [-0.2, -0.15) is 0 Å². The Kier molecular flexibility index (Phi) is 9.84. The molecule has 5 rings (SSSR count). The van der Waals surface area contributed by atoms with E-state index in [0.29, 0.717) is 11.3 Å². The van der Waals surface area contributed by atoms with E-state index in [1.807, 2.05) is 97.2 Å². The highest BCUT2D eigenvalue weighted by Gasteiger charge is 2.23. The molecule has 1 heterocycles. The lowest BCUT2D eigenvalue weighted by atomic mass is 10.1. The number of hydrogen-bond donors (Lipinski definition) is 3. The van der Waals surface area contributed by atoms with Crippen LogP contribution in [0.2, 0.25) is 0 Å². The summed E-state index contributed by atoms with van der Waals surface area (Å²) in [5.41, 5.74) is 3.78. The molecular weight excluding hydrogens is 575 g/mol. The minimum absolute atomic E-state index is 0.125. The summed E-state index contributed by atoms with van der Waals surface area (Å²) in [7, 11) is 0. The maximum absolute atomic E-state index is 13.4. The average Bonchev–Trinajstić information content (AvgIpc) is 3.55. The third-order valence-corrected chi connectivity index (χ3v) is 8.55. The van der Waals surface area contributed by atoms with Crippen LogP contribution in [0.25, 0.3) is 6.08 Å². The van der Waals surface area contributed by atoms with Crippen molar-refractivity contribution in [3.8, 4) is 0 Å². The highest BCUT2D eigenvalue weighted by molar-refractivity contribution is 8.00. The van der Waals surface area contributed by atoms with E-state index in [2.05, 4.69) is 16.0 Å². The van der Waals surface area contributed by atoms with Crippen molar-refractivity contribution in [2.45, 2.75) is 17.1 Å². The van der Waals surface area contributed by atoms with Crippen LogP contribution in [0, 0.1) is 6.92 Å². The first-order chi connectivity index (χ1) is 21.0. The van der Waals surface area contributed by atoms with Crippen LogP contribution < -0.4 is 16.0 Å². The van der Waals surface area contributed by atoms with Gasteiger partial charge in [-0.3, -0.25) is 14.4 Å². The molecular formula is C35H29N3O3S2. The van der Waals surface area contributed by atoms with Gasteiger partial charge in [-0.05, 0) is 78.0 Å². The van der Waals surface area contributed by atoms with Crippen LogP contribution in [0.1, 0.15) is 31.6 Å². The van der Waals surface area contributed by atoms with E-state index in [0.717, 1.165) is 26.6 Å². The Morgan fingerprint density at radius 1 is 0.744 bits per heavy atom. The smallest absolute Gasteiger partial charge is 0.272 e. The molecule has 0 spiro atoms. The Morgan fingerprint density at radius 2 is 1.42 bits per heavy atom. The van der Waals surface area contributed by atoms with Crippen LogP contribution in [0.15, 0.2) is 137 Å². The molecule has 214 valence electrons. The van der Waals surface area contributed by atoms with Gasteiger partial charge in [0.05, 0.1) is 0 Å². The minimum Gasteiger partial charge on any atom is -0.325 e. The van der Waals surface area contributed by atoms with Crippen LogP contribution in [0.3, 0.4) is 0 Å². The summed E-state index contributed by atoms with van der Waals surface area (Å²) in [4.78, 5) is 41.3. The normalized spacial score (nSPS) is 11.8. The molecule has 0 saturated heterocycles. The topological polar surface area (TPSA) is 87.3 Å². The molecule has 6 nitrogen and oxygen atoms in total. The summed E-state index contributed by atoms with van der Waals surface area (Å²) < 4.78 is 0. The highest BCUT2D eigenvalue weighted by atomic mass is 32.2. The summed E-state index contributed by atoms with van der Waals surface area (Å²) in [5.74, 6) is -0.945. The number of nitrogens with one attached hydrogen (secondary N) is 3. The van der Waals surface area contributed by atoms with Crippen molar-refractivity contribution in [3.63, 3.8) is 0 Å². The minimum atomic E-state index is -0.491. The number of amides is 3. The molecule has 0 fully saturated rings. The second kappa shape index (κ2) is 14.3. The first-order valence-electron chi connectivity index (χ1n) is 13.6. The zero-order valence-electron chi connectivity index (χ0n) is 23.3. The van der Waals surface area contributed by atoms with Crippen molar-refractivity contribution in [1.82, 2.24) is 5.32 Å². The van der Waals surface area contributed by atoms with Crippen molar-refractivity contribution in [3.05, 3.63) is 154 Å². The van der Waals surface area contributed by atoms with Gasteiger partial charge in [0.15, 0.2) is 0 Å². The van der Waals surface area contributed by atoms with Crippen molar-refractivity contribution in [2.24, 2.45) is 0 Å². The molecule has 0 aliphatic heterocycles. The molecule has 1 unspecified atom stereocenters. The van der Waals surface area contributed by atoms with Gasteiger partial charge in [0.1, 0.15) is 10.9 Å². The number of carbonyl (C=O) groups excluding carboxylic acids is 3. The number of hydrogen-bond acceptors (Lipinski definition) is 5. The lowest BCUT2D eigenvalue weighted by Crippen LogP contribution is -2.30. The SMILES string of the molecule is Cc1ccccc1NC(=O)C(Sc1ccc(NC(=O)/C(=C/c2cccs2)NC(=O)c2ccccc2)cc1)c1ccccc1. The van der Waals surface area contributed by atoms with Crippen LogP contribution >= 0.6 is 23.1 Å². The Morgan fingerprint density at radius 3 is 2.09 bits per heavy atom. The molecule has 0 saturated carbocycles. The molecule has 3 N–H and O–H groups in total. The van der Waals surface area contributed by atoms with Gasteiger partial charge in [-0.1, -0.05) is 72.8 Å². The maximum Gasteiger partial charge on any atom is 0.272 e. The summed E-state index contributed by atoms with van der Waals surface area (Å²) in [6.07, 6.45) is 1.66. The summed E-state index contributed by atoms with van der Waals surface area (Å²) >= 11 is 2.89. The van der Waals surface area contributed by atoms with Gasteiger partial charge < -0.3 is 16.0 Å². The standard InChI is InChI=1S/C35H29N3O3S2/c1-24-11-8-9-17-30(24)37-35(41)32(25-12-4-2-5-13-25)43-28-20-18-27(19-21-28)36-34(40)31(23-29-16-10-22-42-29)38-33(39)26-14-6-3-7-15-26/h2-23,32H,1H3,(H,36,40)(H,37,41)(H,38,39)/b31-23-. The van der Waals surface area contributed by atoms with Crippen LogP contribution in [0.4, 0.5) is 11.4 Å². The van der Waals surface area contributed by atoms with E-state index in [1.54, 1.807) is 42.5 Å². The number of thioether (sulfide) groups is 1. The van der Waals surface area contributed by atoms with Gasteiger partial charge in [0, 0.05) is 26.7 Å². The molecule has 43 heavy (non-hydrogen) atoms. The fourth-order valence-corrected chi connectivity index (χ4v) is 5.90. The van der Waals surface area contributed by atoms with E-state index in [1.165, 1.54) is 23.1 Å². The number of thiophene rings is 1. The summed E-state index contributed by atoms with van der Waals surface area (Å²) in [6.45, 7) is 1.96. The van der Waals surface area contributed by atoms with Crippen molar-refractivity contribution >= 4 is 58.3 Å². The number of anilines is 2. The first kappa shape index (κ1) is 29.6. The predicted molar refractivity (Wildman–Crippen MR) is 176 cm³/mol. The van der Waals surface area contributed by atoms with Crippen molar-refractivity contribution < 1.29 is 14.4 Å². The predicted octanol–water partition coefficient (Wildman–Crippen LogP) is 7.94. The van der Waals surface area contributed by atoms with E-state index in [9.17, 15) is 14.4 Å². The second-order valence-corrected chi connectivity index (χ2v) is 11.7. The van der Waals surface area contributed by atoms with E-state index in [4.69, 9.17) is 0 Å². The van der Waals surface area contributed by atoms with Crippen LogP contribution in [0.5, 0.6) is 0 Å². The van der Waals surface area contributed by atoms with Gasteiger partial charge >= 0.3 is 0 Å². The van der Waals surface area contributed by atoms with E-state index in [-0.39, 0.29) is 17.5 Å². The Hall–Kier alpha value is -4.92. The quantitative estimate of drug-likeness (QED) is 0.112.